The molecule has 0 atom stereocenters. The van der Waals surface area contributed by atoms with Crippen LogP contribution in [0, 0.1) is 25.7 Å². The molecule has 0 saturated carbocycles. The monoisotopic (exact) mass is 713 g/mol. The van der Waals surface area contributed by atoms with E-state index in [1.165, 1.54) is 0 Å². The van der Waals surface area contributed by atoms with Crippen molar-refractivity contribution in [3.8, 4) is 28.0 Å². The van der Waals surface area contributed by atoms with Crippen molar-refractivity contribution in [1.29, 1.82) is 0 Å². The Kier molecular flexibility index (Phi) is 13.3. The molecule has 5 N–H and O–H groups in total. The van der Waals surface area contributed by atoms with Crippen molar-refractivity contribution in [2.45, 2.75) is 54.4 Å². The van der Waals surface area contributed by atoms with Gasteiger partial charge in [0.25, 0.3) is 5.91 Å². The van der Waals surface area contributed by atoms with Crippen LogP contribution < -0.4 is 16.0 Å². The summed E-state index contributed by atoms with van der Waals surface area (Å²) in [6, 6.07) is 23.7. The lowest BCUT2D eigenvalue weighted by Gasteiger charge is -2.12. The summed E-state index contributed by atoms with van der Waals surface area (Å²) in [6.07, 6.45) is 5.35. The van der Waals surface area contributed by atoms with E-state index in [9.17, 15) is 9.90 Å². The number of phenolic OH excluding ortho intramolecular Hbond substituents is 1. The summed E-state index contributed by atoms with van der Waals surface area (Å²) >= 11 is 0. The van der Waals surface area contributed by atoms with Gasteiger partial charge in [0, 0.05) is 36.0 Å². The number of carbonyl (C=O) groups excluding carboxylic acids is 1. The number of hydrogen-bond donors (Lipinski definition) is 5. The molecule has 0 aliphatic heterocycles. The number of aryl methyl sites for hydroxylation is 2. The minimum atomic E-state index is -0.198. The van der Waals surface area contributed by atoms with Crippen molar-refractivity contribution in [1.82, 2.24) is 25.3 Å². The fourth-order valence-corrected chi connectivity index (χ4v) is 5.95. The van der Waals surface area contributed by atoms with Gasteiger partial charge < -0.3 is 26.2 Å². The average molecular weight is 714 g/mol. The van der Waals surface area contributed by atoms with E-state index >= 15 is 0 Å². The number of benzene rings is 4. The number of aromatic nitrogens is 4. The van der Waals surface area contributed by atoms with Crippen LogP contribution in [0.5, 0.6) is 5.75 Å². The lowest BCUT2D eigenvalue weighted by Crippen LogP contribution is -2.26. The molecule has 1 amide bonds. The zero-order chi connectivity index (χ0) is 37.9. The second-order valence-corrected chi connectivity index (χ2v) is 14.1. The lowest BCUT2D eigenvalue weighted by molar-refractivity contribution is 0.0945. The first-order valence-corrected chi connectivity index (χ1v) is 18.3. The number of nitrogens with one attached hydrogen (secondary N) is 3. The summed E-state index contributed by atoms with van der Waals surface area (Å²) in [5.74, 6) is 3.14. The fourth-order valence-electron chi connectivity index (χ4n) is 5.95. The van der Waals surface area contributed by atoms with Gasteiger partial charge in [-0.05, 0) is 120 Å². The van der Waals surface area contributed by atoms with Crippen LogP contribution in [0.3, 0.4) is 0 Å². The maximum absolute atomic E-state index is 12.2. The average Bonchev–Trinajstić information content (AvgIpc) is 3.15. The number of aliphatic hydroxyl groups excluding tert-OH is 1. The number of amides is 1. The molecule has 2 heterocycles. The molecule has 0 aliphatic rings. The van der Waals surface area contributed by atoms with Gasteiger partial charge in [0.2, 0.25) is 0 Å². The molecule has 6 aromatic rings. The van der Waals surface area contributed by atoms with E-state index in [0.29, 0.717) is 23.1 Å². The van der Waals surface area contributed by atoms with Crippen LogP contribution in [0.2, 0.25) is 0 Å². The van der Waals surface area contributed by atoms with Crippen LogP contribution >= 0.6 is 0 Å². The molecule has 0 unspecified atom stereocenters. The van der Waals surface area contributed by atoms with Gasteiger partial charge in [-0.3, -0.25) is 4.79 Å². The molecule has 0 radical (unpaired) electrons. The van der Waals surface area contributed by atoms with E-state index in [2.05, 4.69) is 81.8 Å². The van der Waals surface area contributed by atoms with Gasteiger partial charge in [-0.15, -0.1) is 0 Å². The SMILES string of the molecule is CC(C)CCNc1ncnc2ccc(-c3cccc(C(=O)NCCO)c3)cc12.Cc1cc(-c2ccc3ncnc(NCCC(C)C)c3c2)cc(C)c1O. The van der Waals surface area contributed by atoms with E-state index in [0.717, 1.165) is 92.8 Å². The Labute approximate surface area is 312 Å². The molecule has 53 heavy (non-hydrogen) atoms. The summed E-state index contributed by atoms with van der Waals surface area (Å²) in [5, 5.41) is 30.4. The van der Waals surface area contributed by atoms with Gasteiger partial charge >= 0.3 is 0 Å². The predicted octanol–water partition coefficient (Wildman–Crippen LogP) is 8.55. The molecule has 0 spiro atoms. The van der Waals surface area contributed by atoms with Gasteiger partial charge in [-0.25, -0.2) is 19.9 Å². The third-order valence-corrected chi connectivity index (χ3v) is 8.98. The van der Waals surface area contributed by atoms with Crippen molar-refractivity contribution >= 4 is 39.3 Å². The number of aromatic hydroxyl groups is 1. The number of hydrogen-bond acceptors (Lipinski definition) is 9. The van der Waals surface area contributed by atoms with E-state index in [-0.39, 0.29) is 19.1 Å². The largest absolute Gasteiger partial charge is 0.507 e. The van der Waals surface area contributed by atoms with E-state index in [4.69, 9.17) is 5.11 Å². The summed E-state index contributed by atoms with van der Waals surface area (Å²) in [6.45, 7) is 14.6. The quantitative estimate of drug-likeness (QED) is 0.0795. The Morgan fingerprint density at radius 1 is 0.642 bits per heavy atom. The third kappa shape index (κ3) is 10.3. The Bertz CT molecular complexity index is 2140. The summed E-state index contributed by atoms with van der Waals surface area (Å²) < 4.78 is 0. The van der Waals surface area contributed by atoms with Crippen LogP contribution in [0.15, 0.2) is 85.5 Å². The molecule has 0 fully saturated rings. The highest BCUT2D eigenvalue weighted by molar-refractivity contribution is 5.97. The number of nitrogens with zero attached hydrogens (tertiary/aromatic N) is 4. The molecule has 6 rings (SSSR count). The first kappa shape index (κ1) is 38.6. The van der Waals surface area contributed by atoms with E-state index in [1.807, 2.05) is 62.4 Å². The van der Waals surface area contributed by atoms with Gasteiger partial charge in [0.05, 0.1) is 17.6 Å². The van der Waals surface area contributed by atoms with E-state index < -0.39 is 0 Å². The Hall–Kier alpha value is -5.61. The molecule has 276 valence electrons. The molecule has 0 saturated heterocycles. The van der Waals surface area contributed by atoms with Gasteiger partial charge in [-0.1, -0.05) is 52.0 Å². The van der Waals surface area contributed by atoms with Crippen molar-refractivity contribution in [3.63, 3.8) is 0 Å². The zero-order valence-electron chi connectivity index (χ0n) is 31.6. The highest BCUT2D eigenvalue weighted by atomic mass is 16.3. The van der Waals surface area contributed by atoms with Crippen LogP contribution in [-0.2, 0) is 0 Å². The van der Waals surface area contributed by atoms with Crippen LogP contribution in [0.4, 0.5) is 11.6 Å². The molecule has 0 bridgehead atoms. The summed E-state index contributed by atoms with van der Waals surface area (Å²) in [7, 11) is 0. The number of aliphatic hydroxyl groups is 1. The number of carbonyl (C=O) groups is 1. The molecular formula is C43H51N7O3. The van der Waals surface area contributed by atoms with E-state index in [1.54, 1.807) is 18.7 Å². The minimum absolute atomic E-state index is 0.0807. The topological polar surface area (TPSA) is 145 Å². The Balaban J connectivity index is 0.000000206. The van der Waals surface area contributed by atoms with Crippen molar-refractivity contribution in [2.75, 3.05) is 36.9 Å². The van der Waals surface area contributed by atoms with Crippen molar-refractivity contribution in [3.05, 3.63) is 102 Å². The first-order valence-electron chi connectivity index (χ1n) is 18.3. The summed E-state index contributed by atoms with van der Waals surface area (Å²) in [4.78, 5) is 29.7. The Morgan fingerprint density at radius 2 is 1.15 bits per heavy atom. The Morgan fingerprint density at radius 3 is 1.66 bits per heavy atom. The van der Waals surface area contributed by atoms with Gasteiger partial charge in [0.15, 0.2) is 0 Å². The number of phenols is 1. The van der Waals surface area contributed by atoms with Crippen molar-refractivity contribution in [2.24, 2.45) is 11.8 Å². The maximum atomic E-state index is 12.2. The van der Waals surface area contributed by atoms with Gasteiger partial charge in [0.1, 0.15) is 30.0 Å². The standard InChI is InChI=1S/C22H26N4O2.C21H25N3O/c1-15(2)8-9-23-21-19-13-17(6-7-20(19)25-14-26-21)16-4-3-5-18(12-16)22(28)24-10-11-27;1-13(2)7-8-22-21-18-11-16(5-6-19(18)23-12-24-21)17-9-14(3)20(25)15(4)10-17/h3-7,12-15,27H,8-11H2,1-2H3,(H,24,28)(H,23,25,26);5-6,9-13,25H,7-8H2,1-4H3,(H,22,23,24). The molecule has 10 nitrogen and oxygen atoms in total. The van der Waals surface area contributed by atoms with Crippen LogP contribution in [-0.4, -0.2) is 62.3 Å². The molecular weight excluding hydrogens is 663 g/mol. The normalized spacial score (nSPS) is 11.1. The fraction of sp³-hybridized carbons (Fsp3) is 0.326. The van der Waals surface area contributed by atoms with Crippen LogP contribution in [0.25, 0.3) is 44.1 Å². The maximum Gasteiger partial charge on any atom is 0.251 e. The minimum Gasteiger partial charge on any atom is -0.507 e. The predicted molar refractivity (Wildman–Crippen MR) is 216 cm³/mol. The number of fused-ring (bicyclic) bond motifs is 2. The number of rotatable bonds is 13. The second kappa shape index (κ2) is 18.2. The first-order chi connectivity index (χ1) is 25.5. The molecule has 10 heteroatoms. The molecule has 0 aliphatic carbocycles. The highest BCUT2D eigenvalue weighted by Gasteiger charge is 2.11. The molecule has 4 aromatic carbocycles. The second-order valence-electron chi connectivity index (χ2n) is 14.1. The lowest BCUT2D eigenvalue weighted by atomic mass is 9.98. The summed E-state index contributed by atoms with van der Waals surface area (Å²) in [5.41, 5.74) is 8.25. The van der Waals surface area contributed by atoms with Crippen molar-refractivity contribution < 1.29 is 15.0 Å². The smallest absolute Gasteiger partial charge is 0.251 e. The number of anilines is 2. The third-order valence-electron chi connectivity index (χ3n) is 8.98. The van der Waals surface area contributed by atoms with Gasteiger partial charge in [-0.2, -0.15) is 0 Å². The molecule has 2 aromatic heterocycles. The van der Waals surface area contributed by atoms with Crippen LogP contribution in [0.1, 0.15) is 62.0 Å². The highest BCUT2D eigenvalue weighted by Crippen LogP contribution is 2.32. The zero-order valence-corrected chi connectivity index (χ0v) is 31.6.